The van der Waals surface area contributed by atoms with Gasteiger partial charge in [0, 0.05) is 25.8 Å². The fraction of sp³-hybridized carbons (Fsp3) is 0.571. The van der Waals surface area contributed by atoms with Gasteiger partial charge < -0.3 is 19.9 Å². The zero-order chi connectivity index (χ0) is 15.4. The Bertz CT molecular complexity index is 494. The maximum absolute atomic E-state index is 12.4. The van der Waals surface area contributed by atoms with Crippen molar-refractivity contribution >= 4 is 17.6 Å². The first kappa shape index (κ1) is 16.1. The molecule has 0 bridgehead atoms. The molecule has 1 aromatic rings. The molecule has 6 heteroatoms. The van der Waals surface area contributed by atoms with E-state index in [9.17, 15) is 9.59 Å². The van der Waals surface area contributed by atoms with Crippen molar-refractivity contribution in [2.75, 3.05) is 26.4 Å². The number of amides is 1. The van der Waals surface area contributed by atoms with Gasteiger partial charge in [0.1, 0.15) is 5.69 Å². The average molecular weight is 281 g/mol. The first-order chi connectivity index (χ1) is 9.27. The topological polar surface area (TPSA) is 77.6 Å². The molecule has 6 nitrogen and oxygen atoms in total. The highest BCUT2D eigenvalue weighted by atomic mass is 16.5. The summed E-state index contributed by atoms with van der Waals surface area (Å²) < 4.78 is 6.49. The summed E-state index contributed by atoms with van der Waals surface area (Å²) in [4.78, 5) is 25.3. The molecule has 20 heavy (non-hydrogen) atoms. The molecule has 0 saturated heterocycles. The monoisotopic (exact) mass is 281 g/mol. The number of carbonyl (C=O) groups is 2. The van der Waals surface area contributed by atoms with Crippen LogP contribution in [-0.4, -0.2) is 42.0 Å². The molecule has 112 valence electrons. The van der Waals surface area contributed by atoms with Crippen LogP contribution in [0.1, 0.15) is 37.3 Å². The summed E-state index contributed by atoms with van der Waals surface area (Å²) >= 11 is 0. The summed E-state index contributed by atoms with van der Waals surface area (Å²) in [7, 11) is 3.00. The second-order valence-electron chi connectivity index (χ2n) is 5.27. The predicted molar refractivity (Wildman–Crippen MR) is 77.4 cm³/mol. The third-order valence-corrected chi connectivity index (χ3v) is 3.14. The van der Waals surface area contributed by atoms with Crippen LogP contribution in [0.5, 0.6) is 0 Å². The Morgan fingerprint density at radius 2 is 2.00 bits per heavy atom. The lowest BCUT2D eigenvalue weighted by molar-refractivity contribution is -0.145. The number of methoxy groups -OCH3 is 1. The van der Waals surface area contributed by atoms with Gasteiger partial charge in [-0.05, 0) is 19.9 Å². The lowest BCUT2D eigenvalue weighted by Gasteiger charge is -2.22. The van der Waals surface area contributed by atoms with Crippen LogP contribution in [0.15, 0.2) is 12.3 Å². The molecule has 0 saturated carbocycles. The number of hydrogen-bond donors (Lipinski definition) is 1. The highest BCUT2D eigenvalue weighted by molar-refractivity contribution is 5.94. The first-order valence-corrected chi connectivity index (χ1v) is 6.58. The molecular formula is C14H23N3O3. The molecule has 0 spiro atoms. The van der Waals surface area contributed by atoms with Crippen molar-refractivity contribution in [3.8, 4) is 0 Å². The van der Waals surface area contributed by atoms with Crippen molar-refractivity contribution in [3.63, 3.8) is 0 Å². The predicted octanol–water partition coefficient (Wildman–Crippen LogP) is 1.53. The van der Waals surface area contributed by atoms with E-state index in [1.54, 1.807) is 26.2 Å². The summed E-state index contributed by atoms with van der Waals surface area (Å²) in [6, 6.07) is 1.79. The molecule has 0 aliphatic rings. The van der Waals surface area contributed by atoms with E-state index in [2.05, 4.69) is 4.74 Å². The molecule has 0 aliphatic carbocycles. The number of nitrogens with zero attached hydrogens (tertiary/aromatic N) is 2. The van der Waals surface area contributed by atoms with Gasteiger partial charge in [-0.25, -0.2) is 0 Å². The molecule has 1 atom stereocenters. The lowest BCUT2D eigenvalue weighted by atomic mass is 10.1. The van der Waals surface area contributed by atoms with E-state index in [-0.39, 0.29) is 23.8 Å². The van der Waals surface area contributed by atoms with Crippen molar-refractivity contribution < 1.29 is 14.3 Å². The van der Waals surface area contributed by atoms with E-state index in [0.29, 0.717) is 17.9 Å². The highest BCUT2D eigenvalue weighted by Gasteiger charge is 2.22. The van der Waals surface area contributed by atoms with Gasteiger partial charge in [-0.15, -0.1) is 0 Å². The summed E-state index contributed by atoms with van der Waals surface area (Å²) in [5.41, 5.74) is 6.84. The molecule has 1 aromatic heterocycles. The van der Waals surface area contributed by atoms with Crippen LogP contribution < -0.4 is 5.73 Å². The van der Waals surface area contributed by atoms with E-state index < -0.39 is 0 Å². The number of ether oxygens (including phenoxy) is 1. The SMILES string of the molecule is COC(=O)C(C)CN(C)C(=O)c1cc(N)cn1C(C)C. The van der Waals surface area contributed by atoms with Crippen LogP contribution in [-0.2, 0) is 9.53 Å². The molecule has 0 aliphatic heterocycles. The number of nitrogens with two attached hydrogens (primary N) is 1. The number of aromatic nitrogens is 1. The van der Waals surface area contributed by atoms with E-state index in [1.807, 2.05) is 18.4 Å². The minimum Gasteiger partial charge on any atom is -0.469 e. The molecule has 1 heterocycles. The van der Waals surface area contributed by atoms with Gasteiger partial charge in [-0.1, -0.05) is 6.92 Å². The van der Waals surface area contributed by atoms with Crippen molar-refractivity contribution in [1.29, 1.82) is 0 Å². The van der Waals surface area contributed by atoms with Crippen LogP contribution in [0.25, 0.3) is 0 Å². The molecule has 0 aromatic carbocycles. The smallest absolute Gasteiger partial charge is 0.310 e. The third kappa shape index (κ3) is 3.53. The maximum atomic E-state index is 12.4. The highest BCUT2D eigenvalue weighted by Crippen LogP contribution is 2.18. The average Bonchev–Trinajstić information content (AvgIpc) is 2.78. The number of anilines is 1. The first-order valence-electron chi connectivity index (χ1n) is 6.58. The van der Waals surface area contributed by atoms with Crippen LogP contribution in [0.3, 0.4) is 0 Å². The lowest BCUT2D eigenvalue weighted by Crippen LogP contribution is -2.35. The molecule has 2 N–H and O–H groups in total. The Balaban J connectivity index is 2.87. The van der Waals surface area contributed by atoms with Gasteiger partial charge in [-0.2, -0.15) is 0 Å². The van der Waals surface area contributed by atoms with Gasteiger partial charge in [-0.3, -0.25) is 9.59 Å². The van der Waals surface area contributed by atoms with Crippen LogP contribution >= 0.6 is 0 Å². The Kier molecular flexibility index (Phi) is 5.19. The van der Waals surface area contributed by atoms with Gasteiger partial charge in [0.15, 0.2) is 0 Å². The minimum atomic E-state index is -0.367. The van der Waals surface area contributed by atoms with Crippen molar-refractivity contribution in [3.05, 3.63) is 18.0 Å². The summed E-state index contributed by atoms with van der Waals surface area (Å²) in [5, 5.41) is 0. The number of carbonyl (C=O) groups excluding carboxylic acids is 2. The molecule has 0 fully saturated rings. The maximum Gasteiger partial charge on any atom is 0.310 e. The molecule has 1 unspecified atom stereocenters. The number of rotatable bonds is 5. The fourth-order valence-corrected chi connectivity index (χ4v) is 2.06. The second kappa shape index (κ2) is 6.45. The van der Waals surface area contributed by atoms with Crippen molar-refractivity contribution in [2.45, 2.75) is 26.8 Å². The van der Waals surface area contributed by atoms with Gasteiger partial charge in [0.2, 0.25) is 0 Å². The fourth-order valence-electron chi connectivity index (χ4n) is 2.06. The van der Waals surface area contributed by atoms with E-state index >= 15 is 0 Å². The van der Waals surface area contributed by atoms with Crippen LogP contribution in [0.2, 0.25) is 0 Å². The minimum absolute atomic E-state index is 0.137. The van der Waals surface area contributed by atoms with E-state index in [4.69, 9.17) is 5.73 Å². The Morgan fingerprint density at radius 3 is 2.50 bits per heavy atom. The van der Waals surface area contributed by atoms with Crippen LogP contribution in [0.4, 0.5) is 5.69 Å². The largest absolute Gasteiger partial charge is 0.469 e. The summed E-state index contributed by atoms with van der Waals surface area (Å²) in [6.07, 6.45) is 1.75. The normalized spacial score (nSPS) is 12.3. The quantitative estimate of drug-likeness (QED) is 0.830. The number of nitrogen functional groups attached to an aromatic ring is 1. The molecule has 0 radical (unpaired) electrons. The van der Waals surface area contributed by atoms with Gasteiger partial charge in [0.25, 0.3) is 5.91 Å². The molecular weight excluding hydrogens is 258 g/mol. The van der Waals surface area contributed by atoms with E-state index in [1.165, 1.54) is 12.0 Å². The standard InChI is InChI=1S/C14H23N3O3/c1-9(2)17-8-11(15)6-12(17)13(18)16(4)7-10(3)14(19)20-5/h6,8-10H,7,15H2,1-5H3. The van der Waals surface area contributed by atoms with Crippen molar-refractivity contribution in [1.82, 2.24) is 9.47 Å². The Hall–Kier alpha value is -1.98. The zero-order valence-electron chi connectivity index (χ0n) is 12.7. The zero-order valence-corrected chi connectivity index (χ0v) is 12.7. The van der Waals surface area contributed by atoms with Gasteiger partial charge >= 0.3 is 5.97 Å². The van der Waals surface area contributed by atoms with Gasteiger partial charge in [0.05, 0.1) is 18.7 Å². The summed E-state index contributed by atoms with van der Waals surface area (Å²) in [6.45, 7) is 5.99. The third-order valence-electron chi connectivity index (χ3n) is 3.14. The van der Waals surface area contributed by atoms with Crippen LogP contribution in [0, 0.1) is 5.92 Å². The second-order valence-corrected chi connectivity index (χ2v) is 5.27. The molecule has 1 rings (SSSR count). The summed E-state index contributed by atoms with van der Waals surface area (Å²) in [5.74, 6) is -0.858. The van der Waals surface area contributed by atoms with E-state index in [0.717, 1.165) is 0 Å². The number of esters is 1. The Labute approximate surface area is 119 Å². The van der Waals surface area contributed by atoms with Crippen molar-refractivity contribution in [2.24, 2.45) is 5.92 Å². The number of hydrogen-bond acceptors (Lipinski definition) is 4. The molecule has 1 amide bonds. The Morgan fingerprint density at radius 1 is 1.40 bits per heavy atom.